The van der Waals surface area contributed by atoms with Crippen LogP contribution in [0.5, 0.6) is 0 Å². The minimum absolute atomic E-state index is 0.0225. The number of anilines is 1. The van der Waals surface area contributed by atoms with Crippen molar-refractivity contribution in [2.75, 3.05) is 5.32 Å². The molecule has 25 heavy (non-hydrogen) atoms. The molecule has 1 aromatic heterocycles. The van der Waals surface area contributed by atoms with Crippen LogP contribution >= 0.6 is 0 Å². The summed E-state index contributed by atoms with van der Waals surface area (Å²) in [6, 6.07) is 14.5. The van der Waals surface area contributed by atoms with Crippen LogP contribution in [0.15, 0.2) is 59.9 Å². The van der Waals surface area contributed by atoms with Gasteiger partial charge in [0.2, 0.25) is 0 Å². The number of fused-ring (bicyclic) bond motifs is 1. The number of aromatic nitrogens is 1. The highest BCUT2D eigenvalue weighted by Gasteiger charge is 2.49. The first-order valence-electron chi connectivity index (χ1n) is 9.03. The van der Waals surface area contributed by atoms with E-state index in [1.807, 2.05) is 18.3 Å². The number of ketones is 1. The molecule has 0 unspecified atom stereocenters. The second kappa shape index (κ2) is 5.55. The number of nitrogens with zero attached hydrogens (tertiary/aromatic N) is 1. The van der Waals surface area contributed by atoms with Crippen LogP contribution in [-0.2, 0) is 10.2 Å². The molecule has 4 rings (SSSR count). The van der Waals surface area contributed by atoms with Gasteiger partial charge in [0.25, 0.3) is 0 Å². The van der Waals surface area contributed by atoms with Gasteiger partial charge in [0.15, 0.2) is 5.78 Å². The van der Waals surface area contributed by atoms with Crippen LogP contribution in [0.2, 0.25) is 0 Å². The summed E-state index contributed by atoms with van der Waals surface area (Å²) in [6.45, 7) is 6.51. The van der Waals surface area contributed by atoms with Crippen molar-refractivity contribution in [3.63, 3.8) is 0 Å². The zero-order valence-corrected chi connectivity index (χ0v) is 15.1. The number of pyridine rings is 1. The van der Waals surface area contributed by atoms with Crippen molar-refractivity contribution in [1.29, 1.82) is 0 Å². The van der Waals surface area contributed by atoms with Gasteiger partial charge in [-0.05, 0) is 29.9 Å². The van der Waals surface area contributed by atoms with Crippen LogP contribution in [-0.4, -0.2) is 10.8 Å². The lowest BCUT2D eigenvalue weighted by atomic mass is 9.60. The van der Waals surface area contributed by atoms with Gasteiger partial charge in [0.05, 0.1) is 5.41 Å². The Labute approximate surface area is 149 Å². The van der Waals surface area contributed by atoms with Gasteiger partial charge in [-0.2, -0.15) is 0 Å². The first-order chi connectivity index (χ1) is 12.0. The van der Waals surface area contributed by atoms with Crippen molar-refractivity contribution in [1.82, 2.24) is 4.98 Å². The van der Waals surface area contributed by atoms with Crippen molar-refractivity contribution < 1.29 is 4.79 Å². The van der Waals surface area contributed by atoms with Gasteiger partial charge in [0.1, 0.15) is 5.82 Å². The number of Topliss-reactive ketones (excluding diaryl/α,β-unsaturated/α-hetero) is 1. The smallest absolute Gasteiger partial charge is 0.162 e. The lowest BCUT2D eigenvalue weighted by Gasteiger charge is -2.46. The third kappa shape index (κ3) is 2.33. The number of carbonyl (C=O) groups excluding carboxylic acids is 1. The van der Waals surface area contributed by atoms with E-state index in [0.717, 1.165) is 35.5 Å². The lowest BCUT2D eigenvalue weighted by molar-refractivity contribution is -0.118. The normalized spacial score (nSPS) is 24.4. The molecule has 1 aliphatic carbocycles. The van der Waals surface area contributed by atoms with Crippen molar-refractivity contribution in [2.45, 2.75) is 45.4 Å². The Balaban J connectivity index is 2.05. The van der Waals surface area contributed by atoms with Crippen LogP contribution in [0.4, 0.5) is 5.82 Å². The van der Waals surface area contributed by atoms with Gasteiger partial charge in [-0.25, -0.2) is 4.98 Å². The summed E-state index contributed by atoms with van der Waals surface area (Å²) in [6.07, 6.45) is 4.12. The van der Waals surface area contributed by atoms with Gasteiger partial charge in [-0.1, -0.05) is 57.2 Å². The molecule has 0 amide bonds. The predicted molar refractivity (Wildman–Crippen MR) is 100 cm³/mol. The maximum absolute atomic E-state index is 13.3. The number of carbonyl (C=O) groups is 1. The zero-order valence-electron chi connectivity index (χ0n) is 15.1. The number of allylic oxidation sites excluding steroid dienone is 2. The van der Waals surface area contributed by atoms with E-state index in [1.165, 1.54) is 5.56 Å². The molecule has 1 aromatic carbocycles. The summed E-state index contributed by atoms with van der Waals surface area (Å²) in [5.41, 5.74) is 3.84. The zero-order chi connectivity index (χ0) is 17.7. The Kier molecular flexibility index (Phi) is 3.57. The molecule has 2 heterocycles. The predicted octanol–water partition coefficient (Wildman–Crippen LogP) is 4.85. The molecule has 0 saturated heterocycles. The number of nitrogens with one attached hydrogen (secondary N) is 1. The summed E-state index contributed by atoms with van der Waals surface area (Å²) >= 11 is 0. The molecular formula is C22H24N2O. The number of hydrogen-bond donors (Lipinski definition) is 1. The molecule has 2 aromatic rings. The standard InChI is InChI=1S/C22H24N2O/c1-4-22(15-9-6-5-7-10-15)16-11-8-12-23-20(16)24-17-13-21(2,3)14-18(25)19(17)22/h5-12H,4,13-14H2,1-3H3,(H,23,24)/t22-/m1/s1. The minimum atomic E-state index is -0.418. The fraction of sp³-hybridized carbons (Fsp3) is 0.364. The van der Waals surface area contributed by atoms with Crippen LogP contribution in [0.25, 0.3) is 0 Å². The fourth-order valence-electron chi connectivity index (χ4n) is 4.64. The van der Waals surface area contributed by atoms with E-state index in [4.69, 9.17) is 0 Å². The van der Waals surface area contributed by atoms with Crippen LogP contribution in [0.1, 0.15) is 51.2 Å². The number of rotatable bonds is 2. The summed E-state index contributed by atoms with van der Waals surface area (Å²) in [4.78, 5) is 17.9. The molecule has 0 fully saturated rings. The minimum Gasteiger partial charge on any atom is -0.343 e. The van der Waals surface area contributed by atoms with E-state index in [-0.39, 0.29) is 11.2 Å². The SMILES string of the molecule is CC[C@]1(c2ccccc2)C2=C(CC(C)(C)CC2=O)Nc2ncccc21. The Bertz CT molecular complexity index is 867. The number of benzene rings is 1. The van der Waals surface area contributed by atoms with E-state index in [1.54, 1.807) is 0 Å². The Morgan fingerprint density at radius 1 is 1.08 bits per heavy atom. The van der Waals surface area contributed by atoms with Gasteiger partial charge >= 0.3 is 0 Å². The third-order valence-corrected chi connectivity index (χ3v) is 5.64. The highest BCUT2D eigenvalue weighted by molar-refractivity contribution is 6.02. The molecule has 1 atom stereocenters. The van der Waals surface area contributed by atoms with Crippen molar-refractivity contribution in [3.05, 3.63) is 71.1 Å². The summed E-state index contributed by atoms with van der Waals surface area (Å²) in [5, 5.41) is 3.49. The van der Waals surface area contributed by atoms with Gasteiger partial charge in [-0.3, -0.25) is 4.79 Å². The average Bonchev–Trinajstić information content (AvgIpc) is 2.59. The molecule has 1 aliphatic heterocycles. The quantitative estimate of drug-likeness (QED) is 0.855. The molecule has 0 bridgehead atoms. The Morgan fingerprint density at radius 2 is 1.84 bits per heavy atom. The van der Waals surface area contributed by atoms with Gasteiger partial charge in [0, 0.05) is 29.5 Å². The second-order valence-corrected chi connectivity index (χ2v) is 7.94. The molecular weight excluding hydrogens is 308 g/mol. The molecule has 3 heteroatoms. The molecule has 128 valence electrons. The van der Waals surface area contributed by atoms with E-state index in [0.29, 0.717) is 6.42 Å². The maximum Gasteiger partial charge on any atom is 0.162 e. The molecule has 3 nitrogen and oxygen atoms in total. The van der Waals surface area contributed by atoms with Crippen molar-refractivity contribution in [2.24, 2.45) is 5.41 Å². The van der Waals surface area contributed by atoms with E-state index < -0.39 is 5.41 Å². The average molecular weight is 332 g/mol. The molecule has 1 N–H and O–H groups in total. The molecule has 0 radical (unpaired) electrons. The maximum atomic E-state index is 13.3. The monoisotopic (exact) mass is 332 g/mol. The largest absolute Gasteiger partial charge is 0.343 e. The van der Waals surface area contributed by atoms with E-state index in [2.05, 4.69) is 61.4 Å². The molecule has 0 saturated carbocycles. The van der Waals surface area contributed by atoms with Crippen LogP contribution in [0.3, 0.4) is 0 Å². The number of hydrogen-bond acceptors (Lipinski definition) is 3. The van der Waals surface area contributed by atoms with Gasteiger partial charge < -0.3 is 5.32 Å². The topological polar surface area (TPSA) is 42.0 Å². The fourth-order valence-corrected chi connectivity index (χ4v) is 4.64. The van der Waals surface area contributed by atoms with Gasteiger partial charge in [-0.15, -0.1) is 0 Å². The molecule has 0 spiro atoms. The first kappa shape index (κ1) is 16.1. The molecule has 2 aliphatic rings. The highest BCUT2D eigenvalue weighted by Crippen LogP contribution is 2.53. The highest BCUT2D eigenvalue weighted by atomic mass is 16.1. The third-order valence-electron chi connectivity index (χ3n) is 5.64. The Morgan fingerprint density at radius 3 is 2.56 bits per heavy atom. The second-order valence-electron chi connectivity index (χ2n) is 7.94. The summed E-state index contributed by atoms with van der Waals surface area (Å²) in [7, 11) is 0. The Hall–Kier alpha value is -2.42. The van der Waals surface area contributed by atoms with E-state index >= 15 is 0 Å². The lowest BCUT2D eigenvalue weighted by Crippen LogP contribution is -2.43. The summed E-state index contributed by atoms with van der Waals surface area (Å²) < 4.78 is 0. The van der Waals surface area contributed by atoms with Crippen LogP contribution < -0.4 is 5.32 Å². The van der Waals surface area contributed by atoms with Crippen LogP contribution in [0, 0.1) is 5.41 Å². The van der Waals surface area contributed by atoms with Crippen molar-refractivity contribution in [3.8, 4) is 0 Å². The van der Waals surface area contributed by atoms with Crippen molar-refractivity contribution >= 4 is 11.6 Å². The first-order valence-corrected chi connectivity index (χ1v) is 9.03. The van der Waals surface area contributed by atoms with E-state index in [9.17, 15) is 4.79 Å². The summed E-state index contributed by atoms with van der Waals surface area (Å²) in [5.74, 6) is 1.15.